The molecule has 1 fully saturated rings. The molecular formula is C9H11ClO2S. The molecule has 1 aliphatic rings. The highest BCUT2D eigenvalue weighted by molar-refractivity contribution is 7.16. The van der Waals surface area contributed by atoms with Gasteiger partial charge in [0.25, 0.3) is 0 Å². The Kier molecular flexibility index (Phi) is 2.60. The summed E-state index contributed by atoms with van der Waals surface area (Å²) in [7, 11) is 0. The molecule has 1 unspecified atom stereocenters. The molecular weight excluding hydrogens is 208 g/mol. The number of halogens is 1. The zero-order valence-corrected chi connectivity index (χ0v) is 8.70. The van der Waals surface area contributed by atoms with Crippen molar-refractivity contribution in [1.82, 2.24) is 0 Å². The maximum atomic E-state index is 9.99. The molecule has 0 spiro atoms. The average Bonchev–Trinajstić information content (AvgIpc) is 2.62. The van der Waals surface area contributed by atoms with Crippen molar-refractivity contribution in [1.29, 1.82) is 0 Å². The van der Waals surface area contributed by atoms with E-state index >= 15 is 0 Å². The lowest BCUT2D eigenvalue weighted by Gasteiger charge is -2.18. The number of hydrogen-bond acceptors (Lipinski definition) is 3. The Morgan fingerprint density at radius 2 is 2.46 bits per heavy atom. The molecule has 72 valence electrons. The first-order chi connectivity index (χ1) is 6.18. The highest BCUT2D eigenvalue weighted by Gasteiger charge is 2.32. The lowest BCUT2D eigenvalue weighted by atomic mass is 9.98. The Labute approximate surface area is 86.1 Å². The van der Waals surface area contributed by atoms with Gasteiger partial charge in [-0.3, -0.25) is 0 Å². The molecule has 2 heterocycles. The number of rotatable bonds is 2. The van der Waals surface area contributed by atoms with E-state index in [1.165, 1.54) is 11.3 Å². The van der Waals surface area contributed by atoms with Crippen molar-refractivity contribution >= 4 is 22.9 Å². The molecule has 0 amide bonds. The molecule has 1 aliphatic heterocycles. The maximum Gasteiger partial charge on any atom is 0.0949 e. The van der Waals surface area contributed by atoms with Crippen molar-refractivity contribution < 1.29 is 9.84 Å². The molecule has 0 radical (unpaired) electrons. The zero-order valence-electron chi connectivity index (χ0n) is 7.12. The largest absolute Gasteiger partial charge is 0.387 e. The monoisotopic (exact) mass is 218 g/mol. The van der Waals surface area contributed by atoms with Gasteiger partial charge in [-0.1, -0.05) is 11.6 Å². The summed E-state index contributed by atoms with van der Waals surface area (Å²) in [5.41, 5.74) is -0.659. The molecule has 0 saturated carbocycles. The Hall–Kier alpha value is -0.0900. The number of hydrogen-bond donors (Lipinski definition) is 1. The maximum absolute atomic E-state index is 9.99. The number of thiophene rings is 1. The Balaban J connectivity index is 2.04. The van der Waals surface area contributed by atoms with Crippen molar-refractivity contribution in [2.75, 3.05) is 13.2 Å². The molecule has 0 aromatic carbocycles. The number of ether oxygens (including phenoxy) is 1. The van der Waals surface area contributed by atoms with Crippen LogP contribution in [0.4, 0.5) is 0 Å². The lowest BCUT2D eigenvalue weighted by molar-refractivity contribution is 0.0277. The fourth-order valence-electron chi connectivity index (χ4n) is 1.51. The molecule has 13 heavy (non-hydrogen) atoms. The molecule has 4 heteroatoms. The van der Waals surface area contributed by atoms with Gasteiger partial charge in [0.2, 0.25) is 0 Å². The Morgan fingerprint density at radius 1 is 1.62 bits per heavy atom. The third-order valence-electron chi connectivity index (χ3n) is 2.21. The van der Waals surface area contributed by atoms with Gasteiger partial charge < -0.3 is 9.84 Å². The SMILES string of the molecule is OC1(Cc2ccc(Cl)s2)CCOC1. The van der Waals surface area contributed by atoms with Gasteiger partial charge in [0.05, 0.1) is 16.5 Å². The second-order valence-corrected chi connectivity index (χ2v) is 5.21. The summed E-state index contributed by atoms with van der Waals surface area (Å²) in [6.07, 6.45) is 1.38. The summed E-state index contributed by atoms with van der Waals surface area (Å²) in [6.45, 7) is 1.11. The van der Waals surface area contributed by atoms with Crippen molar-refractivity contribution in [3.8, 4) is 0 Å². The molecule has 1 aromatic heterocycles. The zero-order chi connectivity index (χ0) is 9.31. The summed E-state index contributed by atoms with van der Waals surface area (Å²) in [4.78, 5) is 1.12. The summed E-state index contributed by atoms with van der Waals surface area (Å²) < 4.78 is 5.94. The highest BCUT2D eigenvalue weighted by atomic mass is 35.5. The minimum Gasteiger partial charge on any atom is -0.387 e. The third kappa shape index (κ3) is 2.23. The fourth-order valence-corrected chi connectivity index (χ4v) is 2.73. The lowest BCUT2D eigenvalue weighted by Crippen LogP contribution is -2.31. The molecule has 0 bridgehead atoms. The van der Waals surface area contributed by atoms with E-state index in [-0.39, 0.29) is 0 Å². The minimum absolute atomic E-state index is 0.447. The third-order valence-corrected chi connectivity index (χ3v) is 3.45. The summed E-state index contributed by atoms with van der Waals surface area (Å²) >= 11 is 7.32. The highest BCUT2D eigenvalue weighted by Crippen LogP contribution is 2.28. The van der Waals surface area contributed by atoms with Crippen LogP contribution in [-0.2, 0) is 11.2 Å². The quantitative estimate of drug-likeness (QED) is 0.824. The summed E-state index contributed by atoms with van der Waals surface area (Å²) in [6, 6.07) is 3.82. The van der Waals surface area contributed by atoms with Crippen LogP contribution in [0.25, 0.3) is 0 Å². The van der Waals surface area contributed by atoms with Gasteiger partial charge >= 0.3 is 0 Å². The van der Waals surface area contributed by atoms with Crippen LogP contribution in [0.5, 0.6) is 0 Å². The van der Waals surface area contributed by atoms with E-state index in [1.807, 2.05) is 12.1 Å². The normalized spacial score (nSPS) is 28.2. The molecule has 1 atom stereocenters. The van der Waals surface area contributed by atoms with Gasteiger partial charge in [-0.15, -0.1) is 11.3 Å². The minimum atomic E-state index is -0.659. The van der Waals surface area contributed by atoms with Crippen LogP contribution in [-0.4, -0.2) is 23.9 Å². The van der Waals surface area contributed by atoms with Crippen LogP contribution in [0.2, 0.25) is 4.34 Å². The van der Waals surface area contributed by atoms with Crippen molar-refractivity contribution in [3.05, 3.63) is 21.3 Å². The van der Waals surface area contributed by atoms with E-state index in [2.05, 4.69) is 0 Å². The van der Waals surface area contributed by atoms with Gasteiger partial charge in [0, 0.05) is 24.3 Å². The summed E-state index contributed by atoms with van der Waals surface area (Å²) in [5.74, 6) is 0. The molecule has 1 N–H and O–H groups in total. The fraction of sp³-hybridized carbons (Fsp3) is 0.556. The molecule has 1 saturated heterocycles. The first-order valence-electron chi connectivity index (χ1n) is 4.22. The van der Waals surface area contributed by atoms with Crippen LogP contribution in [0, 0.1) is 0 Å². The smallest absolute Gasteiger partial charge is 0.0949 e. The summed E-state index contributed by atoms with van der Waals surface area (Å²) in [5, 5.41) is 9.99. The molecule has 2 nitrogen and oxygen atoms in total. The van der Waals surface area contributed by atoms with E-state index in [0.29, 0.717) is 19.6 Å². The molecule has 0 aliphatic carbocycles. The van der Waals surface area contributed by atoms with Gasteiger partial charge in [0.15, 0.2) is 0 Å². The van der Waals surface area contributed by atoms with E-state index in [0.717, 1.165) is 15.6 Å². The average molecular weight is 219 g/mol. The van der Waals surface area contributed by atoms with Gasteiger partial charge in [-0.25, -0.2) is 0 Å². The second kappa shape index (κ2) is 3.58. The second-order valence-electron chi connectivity index (χ2n) is 3.41. The number of aliphatic hydroxyl groups is 1. The standard InChI is InChI=1S/C9H11ClO2S/c10-8-2-1-7(13-8)5-9(11)3-4-12-6-9/h1-2,11H,3-6H2. The van der Waals surface area contributed by atoms with Crippen LogP contribution >= 0.6 is 22.9 Å². The predicted octanol–water partition coefficient (Wildman–Crippen LogP) is 2.10. The van der Waals surface area contributed by atoms with Crippen LogP contribution < -0.4 is 0 Å². The first kappa shape index (κ1) is 9.46. The van der Waals surface area contributed by atoms with Crippen molar-refractivity contribution in [2.45, 2.75) is 18.4 Å². The van der Waals surface area contributed by atoms with Crippen molar-refractivity contribution in [3.63, 3.8) is 0 Å². The first-order valence-corrected chi connectivity index (χ1v) is 5.42. The Morgan fingerprint density at radius 3 is 3.00 bits per heavy atom. The van der Waals surface area contributed by atoms with Gasteiger partial charge in [0.1, 0.15) is 0 Å². The molecule has 2 rings (SSSR count). The van der Waals surface area contributed by atoms with E-state index in [1.54, 1.807) is 0 Å². The van der Waals surface area contributed by atoms with E-state index < -0.39 is 5.60 Å². The topological polar surface area (TPSA) is 29.5 Å². The molecule has 1 aromatic rings. The Bertz CT molecular complexity index is 292. The van der Waals surface area contributed by atoms with Crippen LogP contribution in [0.15, 0.2) is 12.1 Å². The van der Waals surface area contributed by atoms with Crippen LogP contribution in [0.1, 0.15) is 11.3 Å². The van der Waals surface area contributed by atoms with Crippen LogP contribution in [0.3, 0.4) is 0 Å². The van der Waals surface area contributed by atoms with E-state index in [9.17, 15) is 5.11 Å². The van der Waals surface area contributed by atoms with Gasteiger partial charge in [-0.05, 0) is 12.1 Å². The predicted molar refractivity (Wildman–Crippen MR) is 53.4 cm³/mol. The van der Waals surface area contributed by atoms with Crippen molar-refractivity contribution in [2.24, 2.45) is 0 Å². The van der Waals surface area contributed by atoms with Gasteiger partial charge in [-0.2, -0.15) is 0 Å². The van der Waals surface area contributed by atoms with E-state index in [4.69, 9.17) is 16.3 Å².